The van der Waals surface area contributed by atoms with Crippen molar-refractivity contribution in [2.75, 3.05) is 6.61 Å². The minimum Gasteiger partial charge on any atom is -0.507 e. The van der Waals surface area contributed by atoms with Crippen LogP contribution in [0.3, 0.4) is 0 Å². The number of ether oxygens (including phenoxy) is 1. The molecule has 0 aliphatic rings. The second kappa shape index (κ2) is 4.47. The minimum atomic E-state index is -0.572. The SMILES string of the molecule is CCOC(=O)c1c(C)cc(C#N)cc1O. The summed E-state index contributed by atoms with van der Waals surface area (Å²) in [5, 5.41) is 18.2. The molecule has 1 aromatic rings. The van der Waals surface area contributed by atoms with Crippen LogP contribution in [0.15, 0.2) is 12.1 Å². The van der Waals surface area contributed by atoms with Crippen LogP contribution in [-0.2, 0) is 4.74 Å². The maximum Gasteiger partial charge on any atom is 0.342 e. The molecule has 0 aromatic heterocycles. The number of carbonyl (C=O) groups is 1. The Bertz CT molecular complexity index is 409. The second-order valence-corrected chi connectivity index (χ2v) is 3.02. The third-order valence-corrected chi connectivity index (χ3v) is 1.92. The van der Waals surface area contributed by atoms with E-state index in [2.05, 4.69) is 0 Å². The first kappa shape index (κ1) is 11.1. The first-order chi connectivity index (χ1) is 7.10. The Labute approximate surface area is 87.7 Å². The van der Waals surface area contributed by atoms with Crippen molar-refractivity contribution in [3.8, 4) is 11.8 Å². The standard InChI is InChI=1S/C11H11NO3/c1-3-15-11(14)10-7(2)4-8(6-12)5-9(10)13/h4-5,13H,3H2,1-2H3. The number of nitriles is 1. The molecule has 0 fully saturated rings. The lowest BCUT2D eigenvalue weighted by atomic mass is 10.0. The maximum absolute atomic E-state index is 11.4. The van der Waals surface area contributed by atoms with E-state index in [4.69, 9.17) is 10.00 Å². The smallest absolute Gasteiger partial charge is 0.342 e. The molecule has 0 atom stereocenters. The van der Waals surface area contributed by atoms with E-state index in [0.29, 0.717) is 11.1 Å². The van der Waals surface area contributed by atoms with Gasteiger partial charge < -0.3 is 9.84 Å². The number of carbonyl (C=O) groups excluding carboxylic acids is 1. The summed E-state index contributed by atoms with van der Waals surface area (Å²) >= 11 is 0. The molecule has 0 unspecified atom stereocenters. The van der Waals surface area contributed by atoms with E-state index < -0.39 is 5.97 Å². The molecule has 15 heavy (non-hydrogen) atoms. The Hall–Kier alpha value is -2.02. The van der Waals surface area contributed by atoms with Crippen LogP contribution in [-0.4, -0.2) is 17.7 Å². The second-order valence-electron chi connectivity index (χ2n) is 3.02. The third kappa shape index (κ3) is 2.26. The number of esters is 1. The summed E-state index contributed by atoms with van der Waals surface area (Å²) in [5.74, 6) is -0.790. The molecule has 1 aromatic carbocycles. The quantitative estimate of drug-likeness (QED) is 0.746. The third-order valence-electron chi connectivity index (χ3n) is 1.92. The number of aromatic hydroxyl groups is 1. The number of nitrogens with zero attached hydrogens (tertiary/aromatic N) is 1. The first-order valence-corrected chi connectivity index (χ1v) is 4.51. The molecule has 78 valence electrons. The van der Waals surface area contributed by atoms with Crippen LogP contribution in [0, 0.1) is 18.3 Å². The molecule has 4 nitrogen and oxygen atoms in total. The van der Waals surface area contributed by atoms with E-state index in [0.717, 1.165) is 0 Å². The van der Waals surface area contributed by atoms with Gasteiger partial charge in [0.2, 0.25) is 0 Å². The Morgan fingerprint density at radius 3 is 2.73 bits per heavy atom. The molecule has 0 saturated heterocycles. The molecule has 0 heterocycles. The van der Waals surface area contributed by atoms with Crippen molar-refractivity contribution in [3.05, 3.63) is 28.8 Å². The summed E-state index contributed by atoms with van der Waals surface area (Å²) in [7, 11) is 0. The number of benzene rings is 1. The predicted octanol–water partition coefficient (Wildman–Crippen LogP) is 1.75. The van der Waals surface area contributed by atoms with Crippen LogP contribution >= 0.6 is 0 Å². The molecule has 0 radical (unpaired) electrons. The predicted molar refractivity (Wildman–Crippen MR) is 53.5 cm³/mol. The lowest BCUT2D eigenvalue weighted by Crippen LogP contribution is -2.07. The van der Waals surface area contributed by atoms with E-state index in [9.17, 15) is 9.90 Å². The van der Waals surface area contributed by atoms with Gasteiger partial charge in [-0.1, -0.05) is 0 Å². The summed E-state index contributed by atoms with van der Waals surface area (Å²) in [6.07, 6.45) is 0. The molecule has 0 saturated carbocycles. The van der Waals surface area contributed by atoms with E-state index in [1.54, 1.807) is 13.8 Å². The maximum atomic E-state index is 11.4. The number of rotatable bonds is 2. The lowest BCUT2D eigenvalue weighted by Gasteiger charge is -2.07. The van der Waals surface area contributed by atoms with Crippen molar-refractivity contribution in [2.24, 2.45) is 0 Å². The molecule has 0 aliphatic carbocycles. The Balaban J connectivity index is 3.21. The summed E-state index contributed by atoms with van der Waals surface area (Å²) < 4.78 is 4.78. The Kier molecular flexibility index (Phi) is 3.29. The zero-order valence-electron chi connectivity index (χ0n) is 8.57. The van der Waals surface area contributed by atoms with Crippen LogP contribution in [0.2, 0.25) is 0 Å². The average molecular weight is 205 g/mol. The number of hydrogen-bond donors (Lipinski definition) is 1. The van der Waals surface area contributed by atoms with Gasteiger partial charge in [0.15, 0.2) is 0 Å². The molecular formula is C11H11NO3. The van der Waals surface area contributed by atoms with Gasteiger partial charge in [0, 0.05) is 0 Å². The fourth-order valence-electron chi connectivity index (χ4n) is 1.30. The Morgan fingerprint density at radius 2 is 2.27 bits per heavy atom. The molecule has 1 rings (SSSR count). The molecule has 0 bridgehead atoms. The highest BCUT2D eigenvalue weighted by atomic mass is 16.5. The zero-order valence-corrected chi connectivity index (χ0v) is 8.57. The van der Waals surface area contributed by atoms with Gasteiger partial charge in [0.05, 0.1) is 18.2 Å². The topological polar surface area (TPSA) is 70.3 Å². The summed E-state index contributed by atoms with van der Waals surface area (Å²) in [6.45, 7) is 3.58. The van der Waals surface area contributed by atoms with Crippen molar-refractivity contribution >= 4 is 5.97 Å². The van der Waals surface area contributed by atoms with Crippen LogP contribution < -0.4 is 0 Å². The molecular weight excluding hydrogens is 194 g/mol. The van der Waals surface area contributed by atoms with Gasteiger partial charge in [0.25, 0.3) is 0 Å². The van der Waals surface area contributed by atoms with E-state index in [1.807, 2.05) is 6.07 Å². The highest BCUT2D eigenvalue weighted by Crippen LogP contribution is 2.23. The van der Waals surface area contributed by atoms with Gasteiger partial charge in [-0.3, -0.25) is 0 Å². The van der Waals surface area contributed by atoms with E-state index in [1.165, 1.54) is 12.1 Å². The highest BCUT2D eigenvalue weighted by Gasteiger charge is 2.16. The van der Waals surface area contributed by atoms with Crippen LogP contribution in [0.1, 0.15) is 28.4 Å². The number of phenolic OH excluding ortho intramolecular Hbond substituents is 1. The van der Waals surface area contributed by atoms with Crippen LogP contribution in [0.25, 0.3) is 0 Å². The molecule has 4 heteroatoms. The lowest BCUT2D eigenvalue weighted by molar-refractivity contribution is 0.0522. The van der Waals surface area contributed by atoms with Gasteiger partial charge in [-0.25, -0.2) is 4.79 Å². The van der Waals surface area contributed by atoms with Gasteiger partial charge in [-0.05, 0) is 31.5 Å². The fourth-order valence-corrected chi connectivity index (χ4v) is 1.30. The number of phenols is 1. The van der Waals surface area contributed by atoms with Gasteiger partial charge in [-0.15, -0.1) is 0 Å². The molecule has 1 N–H and O–H groups in total. The van der Waals surface area contributed by atoms with Crippen molar-refractivity contribution in [3.63, 3.8) is 0 Å². The zero-order chi connectivity index (χ0) is 11.4. The number of hydrogen-bond acceptors (Lipinski definition) is 4. The minimum absolute atomic E-state index is 0.121. The normalized spacial score (nSPS) is 9.40. The van der Waals surface area contributed by atoms with Crippen molar-refractivity contribution < 1.29 is 14.6 Å². The van der Waals surface area contributed by atoms with E-state index in [-0.39, 0.29) is 17.9 Å². The summed E-state index contributed by atoms with van der Waals surface area (Å²) in [6, 6.07) is 4.68. The van der Waals surface area contributed by atoms with Gasteiger partial charge in [0.1, 0.15) is 11.3 Å². The first-order valence-electron chi connectivity index (χ1n) is 4.51. The van der Waals surface area contributed by atoms with Crippen molar-refractivity contribution in [1.29, 1.82) is 5.26 Å². The molecule has 0 spiro atoms. The Morgan fingerprint density at radius 1 is 1.60 bits per heavy atom. The number of aryl methyl sites for hydroxylation is 1. The largest absolute Gasteiger partial charge is 0.507 e. The van der Waals surface area contributed by atoms with Crippen LogP contribution in [0.4, 0.5) is 0 Å². The average Bonchev–Trinajstić information content (AvgIpc) is 2.16. The summed E-state index contributed by atoms with van der Waals surface area (Å²) in [5.41, 5.74) is 0.971. The fraction of sp³-hybridized carbons (Fsp3) is 0.273. The molecule has 0 aliphatic heterocycles. The van der Waals surface area contributed by atoms with Crippen molar-refractivity contribution in [1.82, 2.24) is 0 Å². The monoisotopic (exact) mass is 205 g/mol. The molecule has 0 amide bonds. The van der Waals surface area contributed by atoms with Gasteiger partial charge in [-0.2, -0.15) is 5.26 Å². The van der Waals surface area contributed by atoms with E-state index >= 15 is 0 Å². The van der Waals surface area contributed by atoms with Crippen molar-refractivity contribution in [2.45, 2.75) is 13.8 Å². The van der Waals surface area contributed by atoms with Gasteiger partial charge >= 0.3 is 5.97 Å². The summed E-state index contributed by atoms with van der Waals surface area (Å²) in [4.78, 5) is 11.4. The highest BCUT2D eigenvalue weighted by molar-refractivity contribution is 5.94. The van der Waals surface area contributed by atoms with Crippen LogP contribution in [0.5, 0.6) is 5.75 Å².